The molecule has 3 aromatic heterocycles. The minimum atomic E-state index is -0.345. The second-order valence-corrected chi connectivity index (χ2v) is 6.03. The lowest BCUT2D eigenvalue weighted by molar-refractivity contribution is 0.0928. The van der Waals surface area contributed by atoms with E-state index in [4.69, 9.17) is 0 Å². The molecule has 1 atom stereocenters. The van der Waals surface area contributed by atoms with Crippen molar-refractivity contribution in [3.63, 3.8) is 0 Å². The molecule has 3 aromatic rings. The molecule has 134 valence electrons. The van der Waals surface area contributed by atoms with Crippen molar-refractivity contribution in [3.8, 4) is 0 Å². The van der Waals surface area contributed by atoms with Crippen LogP contribution in [0.2, 0.25) is 0 Å². The Morgan fingerprint density at radius 3 is 2.69 bits per heavy atom. The molecule has 2 amide bonds. The number of hydrogen-bond acceptors (Lipinski definition) is 4. The summed E-state index contributed by atoms with van der Waals surface area (Å²) < 4.78 is 1.63. The van der Waals surface area contributed by atoms with Gasteiger partial charge in [0.05, 0.1) is 17.8 Å². The van der Waals surface area contributed by atoms with Crippen LogP contribution in [0.4, 0.5) is 0 Å². The lowest BCUT2D eigenvalue weighted by atomic mass is 10.2. The van der Waals surface area contributed by atoms with Crippen molar-refractivity contribution in [3.05, 3.63) is 66.0 Å². The maximum Gasteiger partial charge on any atom is 0.287 e. The zero-order valence-electron chi connectivity index (χ0n) is 14.8. The molecule has 0 aliphatic rings. The highest BCUT2D eigenvalue weighted by Gasteiger charge is 2.22. The monoisotopic (exact) mass is 351 g/mol. The standard InChI is InChI=1S/C19H21N5O2/c1-3-13(2)22-19(26)17-23-16(15-9-5-7-11-24(15)17)18(25)21-12-14-8-4-6-10-20-14/h4-11,13H,3,12H2,1-2H3,(H,21,25)(H,22,26). The smallest absolute Gasteiger partial charge is 0.287 e. The van der Waals surface area contributed by atoms with Crippen molar-refractivity contribution < 1.29 is 9.59 Å². The largest absolute Gasteiger partial charge is 0.347 e. The van der Waals surface area contributed by atoms with Crippen molar-refractivity contribution in [2.24, 2.45) is 0 Å². The molecular weight excluding hydrogens is 330 g/mol. The van der Waals surface area contributed by atoms with Crippen LogP contribution < -0.4 is 10.6 Å². The van der Waals surface area contributed by atoms with E-state index in [0.717, 1.165) is 12.1 Å². The molecule has 26 heavy (non-hydrogen) atoms. The number of hydrogen-bond donors (Lipinski definition) is 2. The Labute approximate surface area is 151 Å². The topological polar surface area (TPSA) is 88.4 Å². The summed E-state index contributed by atoms with van der Waals surface area (Å²) in [5, 5.41) is 5.69. The van der Waals surface area contributed by atoms with Gasteiger partial charge in [-0.05, 0) is 37.6 Å². The van der Waals surface area contributed by atoms with Crippen LogP contribution in [0.1, 0.15) is 47.1 Å². The van der Waals surface area contributed by atoms with Gasteiger partial charge in [-0.1, -0.05) is 19.1 Å². The molecule has 0 fully saturated rings. The van der Waals surface area contributed by atoms with Gasteiger partial charge in [0.15, 0.2) is 5.69 Å². The van der Waals surface area contributed by atoms with E-state index in [2.05, 4.69) is 20.6 Å². The molecule has 7 nitrogen and oxygen atoms in total. The van der Waals surface area contributed by atoms with Gasteiger partial charge in [0.25, 0.3) is 11.8 Å². The van der Waals surface area contributed by atoms with Crippen LogP contribution >= 0.6 is 0 Å². The van der Waals surface area contributed by atoms with Crippen LogP contribution in [0.15, 0.2) is 48.8 Å². The Kier molecular flexibility index (Phi) is 5.26. The summed E-state index contributed by atoms with van der Waals surface area (Å²) in [7, 11) is 0. The normalized spacial score (nSPS) is 11.9. The molecular formula is C19H21N5O2. The number of imidazole rings is 1. The molecule has 0 saturated heterocycles. The molecule has 3 heterocycles. The number of nitrogens with one attached hydrogen (secondary N) is 2. The van der Waals surface area contributed by atoms with Crippen molar-refractivity contribution in [2.45, 2.75) is 32.9 Å². The van der Waals surface area contributed by atoms with Crippen molar-refractivity contribution in [2.75, 3.05) is 0 Å². The maximum atomic E-state index is 12.6. The van der Waals surface area contributed by atoms with Crippen molar-refractivity contribution in [1.29, 1.82) is 0 Å². The maximum absolute atomic E-state index is 12.6. The van der Waals surface area contributed by atoms with Gasteiger partial charge in [0, 0.05) is 18.4 Å². The SMILES string of the molecule is CCC(C)NC(=O)c1nc(C(=O)NCc2ccccn2)c2ccccn12. The number of carbonyl (C=O) groups is 2. The number of aromatic nitrogens is 3. The van der Waals surface area contributed by atoms with Gasteiger partial charge in [-0.25, -0.2) is 4.98 Å². The Balaban J connectivity index is 1.86. The summed E-state index contributed by atoms with van der Waals surface area (Å²) in [5.74, 6) is -0.449. The Morgan fingerprint density at radius 2 is 1.96 bits per heavy atom. The molecule has 2 N–H and O–H groups in total. The molecule has 3 rings (SSSR count). The number of nitrogens with zero attached hydrogens (tertiary/aromatic N) is 3. The molecule has 0 aliphatic heterocycles. The minimum Gasteiger partial charge on any atom is -0.347 e. The van der Waals surface area contributed by atoms with E-state index in [1.165, 1.54) is 0 Å². The molecule has 0 saturated carbocycles. The molecule has 0 bridgehead atoms. The average molecular weight is 351 g/mol. The average Bonchev–Trinajstić information content (AvgIpc) is 3.06. The summed E-state index contributed by atoms with van der Waals surface area (Å²) in [4.78, 5) is 33.6. The van der Waals surface area contributed by atoms with E-state index in [0.29, 0.717) is 12.1 Å². The third kappa shape index (κ3) is 3.72. The summed E-state index contributed by atoms with van der Waals surface area (Å²) in [6.07, 6.45) is 4.21. The quantitative estimate of drug-likeness (QED) is 0.712. The van der Waals surface area contributed by atoms with Gasteiger partial charge in [-0.15, -0.1) is 0 Å². The molecule has 0 spiro atoms. The fraction of sp³-hybridized carbons (Fsp3) is 0.263. The second kappa shape index (κ2) is 7.77. The number of carbonyl (C=O) groups excluding carboxylic acids is 2. The first-order chi connectivity index (χ1) is 12.6. The van der Waals surface area contributed by atoms with Crippen LogP contribution in [0.25, 0.3) is 5.52 Å². The van der Waals surface area contributed by atoms with Crippen LogP contribution in [0.5, 0.6) is 0 Å². The fourth-order valence-electron chi connectivity index (χ4n) is 2.51. The van der Waals surface area contributed by atoms with Crippen LogP contribution in [0.3, 0.4) is 0 Å². The first-order valence-electron chi connectivity index (χ1n) is 8.56. The van der Waals surface area contributed by atoms with Gasteiger partial charge < -0.3 is 10.6 Å². The first-order valence-corrected chi connectivity index (χ1v) is 8.56. The zero-order valence-corrected chi connectivity index (χ0v) is 14.8. The Bertz CT molecular complexity index is 920. The van der Waals surface area contributed by atoms with Gasteiger partial charge in [-0.2, -0.15) is 0 Å². The van der Waals surface area contributed by atoms with Gasteiger partial charge in [-0.3, -0.25) is 19.0 Å². The molecule has 0 aromatic carbocycles. The first kappa shape index (κ1) is 17.6. The third-order valence-electron chi connectivity index (χ3n) is 4.11. The number of fused-ring (bicyclic) bond motifs is 1. The minimum absolute atomic E-state index is 0.0278. The lowest BCUT2D eigenvalue weighted by Gasteiger charge is -2.10. The van der Waals surface area contributed by atoms with Crippen LogP contribution in [-0.2, 0) is 6.54 Å². The van der Waals surface area contributed by atoms with Gasteiger partial charge in [0.1, 0.15) is 0 Å². The highest BCUT2D eigenvalue weighted by molar-refractivity contribution is 6.02. The van der Waals surface area contributed by atoms with E-state index in [9.17, 15) is 9.59 Å². The van der Waals surface area contributed by atoms with Crippen LogP contribution in [0, 0.1) is 0 Å². The molecule has 1 unspecified atom stereocenters. The summed E-state index contributed by atoms with van der Waals surface area (Å²) in [6, 6.07) is 10.9. The highest BCUT2D eigenvalue weighted by atomic mass is 16.2. The van der Waals surface area contributed by atoms with E-state index in [1.807, 2.05) is 38.1 Å². The van der Waals surface area contributed by atoms with E-state index >= 15 is 0 Å². The molecule has 0 radical (unpaired) electrons. The molecule has 7 heteroatoms. The Hall–Kier alpha value is -3.22. The highest BCUT2D eigenvalue weighted by Crippen LogP contribution is 2.14. The number of amides is 2. The van der Waals surface area contributed by atoms with Gasteiger partial charge in [0.2, 0.25) is 5.82 Å². The van der Waals surface area contributed by atoms with Crippen molar-refractivity contribution in [1.82, 2.24) is 25.0 Å². The van der Waals surface area contributed by atoms with Crippen molar-refractivity contribution >= 4 is 17.3 Å². The second-order valence-electron chi connectivity index (χ2n) is 6.03. The van der Waals surface area contributed by atoms with E-state index in [-0.39, 0.29) is 29.4 Å². The van der Waals surface area contributed by atoms with E-state index < -0.39 is 0 Å². The summed E-state index contributed by atoms with van der Waals surface area (Å²) >= 11 is 0. The van der Waals surface area contributed by atoms with Gasteiger partial charge >= 0.3 is 0 Å². The fourth-order valence-corrected chi connectivity index (χ4v) is 2.51. The van der Waals surface area contributed by atoms with E-state index in [1.54, 1.807) is 28.9 Å². The third-order valence-corrected chi connectivity index (χ3v) is 4.11. The summed E-state index contributed by atoms with van der Waals surface area (Å²) in [5.41, 5.74) is 1.55. The predicted molar refractivity (Wildman–Crippen MR) is 97.8 cm³/mol. The zero-order chi connectivity index (χ0) is 18.5. The predicted octanol–water partition coefficient (Wildman–Crippen LogP) is 2.19. The molecule has 0 aliphatic carbocycles. The number of pyridine rings is 2. The Morgan fingerprint density at radius 1 is 1.15 bits per heavy atom. The number of rotatable bonds is 6. The summed E-state index contributed by atoms with van der Waals surface area (Å²) in [6.45, 7) is 4.21. The lowest BCUT2D eigenvalue weighted by Crippen LogP contribution is -2.33. The van der Waals surface area contributed by atoms with Crippen LogP contribution in [-0.4, -0.2) is 32.2 Å².